The maximum absolute atomic E-state index is 11.4. The number of carbonyl (C=O) groups excluding carboxylic acids is 1. The molecule has 16 heavy (non-hydrogen) atoms. The van der Waals surface area contributed by atoms with Gasteiger partial charge in [-0.25, -0.2) is 0 Å². The molecule has 0 unspecified atom stereocenters. The van der Waals surface area contributed by atoms with Gasteiger partial charge in [0.05, 0.1) is 5.70 Å². The number of nitrogens with zero attached hydrogens (tertiary/aromatic N) is 2. The number of ketones is 1. The first-order valence-corrected chi connectivity index (χ1v) is 5.91. The van der Waals surface area contributed by atoms with Crippen molar-refractivity contribution < 1.29 is 4.79 Å². The highest BCUT2D eigenvalue weighted by atomic mass is 16.1. The number of Topliss-reactive ketones (excluding diaryl/α,β-unsaturated/α-hetero) is 1. The van der Waals surface area contributed by atoms with E-state index in [1.807, 2.05) is 18.0 Å². The van der Waals surface area contributed by atoms with Crippen LogP contribution in [-0.2, 0) is 4.79 Å². The number of likely N-dealkylation sites (N-methyl/N-ethyl adjacent to an activating group) is 1. The van der Waals surface area contributed by atoms with Gasteiger partial charge < -0.3 is 9.80 Å². The topological polar surface area (TPSA) is 23.6 Å². The number of unbranched alkanes of at least 4 members (excludes halogenated alkanes) is 1. The summed E-state index contributed by atoms with van der Waals surface area (Å²) in [7, 11) is 4.10. The molecule has 0 aromatic carbocycles. The van der Waals surface area contributed by atoms with Crippen LogP contribution in [0.5, 0.6) is 0 Å². The largest absolute Gasteiger partial charge is 0.371 e. The molecule has 0 aromatic rings. The molecule has 0 N–H and O–H groups in total. The first-order valence-electron chi connectivity index (χ1n) is 5.91. The Hall–Kier alpha value is -1.09. The summed E-state index contributed by atoms with van der Waals surface area (Å²) in [4.78, 5) is 15.7. The van der Waals surface area contributed by atoms with E-state index in [-0.39, 0.29) is 5.78 Å². The van der Waals surface area contributed by atoms with Crippen molar-refractivity contribution in [2.24, 2.45) is 0 Å². The van der Waals surface area contributed by atoms with Crippen LogP contribution in [0.1, 0.15) is 19.8 Å². The van der Waals surface area contributed by atoms with E-state index in [1.54, 1.807) is 0 Å². The van der Waals surface area contributed by atoms with Gasteiger partial charge in [0, 0.05) is 19.2 Å². The van der Waals surface area contributed by atoms with Crippen molar-refractivity contribution in [3.63, 3.8) is 0 Å². The summed E-state index contributed by atoms with van der Waals surface area (Å²) in [5.74, 6) is 0.105. The van der Waals surface area contributed by atoms with E-state index in [1.165, 1.54) is 6.42 Å². The molecule has 0 aromatic heterocycles. The van der Waals surface area contributed by atoms with Crippen molar-refractivity contribution in [1.82, 2.24) is 9.80 Å². The minimum atomic E-state index is 0.105. The maximum atomic E-state index is 11.4. The lowest BCUT2D eigenvalue weighted by Gasteiger charge is -2.27. The fraction of sp³-hybridized carbons (Fsp3) is 0.615. The predicted molar refractivity (Wildman–Crippen MR) is 67.3 cm³/mol. The molecular formula is C13H22N2O. The lowest BCUT2D eigenvalue weighted by molar-refractivity contribution is -0.114. The zero-order chi connectivity index (χ0) is 12.1. The quantitative estimate of drug-likeness (QED) is 0.483. The molecule has 0 spiro atoms. The van der Waals surface area contributed by atoms with Crippen LogP contribution in [0.25, 0.3) is 0 Å². The molecule has 0 atom stereocenters. The van der Waals surface area contributed by atoms with Gasteiger partial charge in [-0.3, -0.25) is 4.79 Å². The van der Waals surface area contributed by atoms with Crippen LogP contribution in [0.4, 0.5) is 0 Å². The van der Waals surface area contributed by atoms with E-state index >= 15 is 0 Å². The third kappa shape index (κ3) is 3.20. The van der Waals surface area contributed by atoms with Crippen LogP contribution in [0, 0.1) is 0 Å². The van der Waals surface area contributed by atoms with Gasteiger partial charge in [0.15, 0.2) is 0 Å². The van der Waals surface area contributed by atoms with Crippen molar-refractivity contribution in [3.05, 3.63) is 23.9 Å². The fourth-order valence-corrected chi connectivity index (χ4v) is 1.68. The van der Waals surface area contributed by atoms with Gasteiger partial charge in [-0.05, 0) is 39.1 Å². The van der Waals surface area contributed by atoms with Crippen molar-refractivity contribution in [2.75, 3.05) is 33.7 Å². The lowest BCUT2D eigenvalue weighted by atomic mass is 9.97. The Morgan fingerprint density at radius 1 is 1.25 bits per heavy atom. The summed E-state index contributed by atoms with van der Waals surface area (Å²) in [6, 6.07) is 0. The Bertz CT molecular complexity index is 307. The zero-order valence-corrected chi connectivity index (χ0v) is 10.6. The Balaban J connectivity index is 2.17. The van der Waals surface area contributed by atoms with E-state index in [4.69, 9.17) is 0 Å². The molecule has 0 saturated carbocycles. The second kappa shape index (κ2) is 5.85. The number of rotatable bonds is 7. The van der Waals surface area contributed by atoms with E-state index in [9.17, 15) is 4.79 Å². The number of carbonyl (C=O) groups is 1. The summed E-state index contributed by atoms with van der Waals surface area (Å²) in [6.45, 7) is 8.98. The van der Waals surface area contributed by atoms with Gasteiger partial charge in [0.1, 0.15) is 0 Å². The molecule has 0 heterocycles. The smallest absolute Gasteiger partial charge is 0.208 e. The summed E-state index contributed by atoms with van der Waals surface area (Å²) in [5, 5.41) is 0. The Labute approximate surface area is 98.4 Å². The average Bonchev–Trinajstić information content (AvgIpc) is 2.30. The molecule has 1 rings (SSSR count). The van der Waals surface area contributed by atoms with Crippen LogP contribution < -0.4 is 0 Å². The van der Waals surface area contributed by atoms with Crippen LogP contribution in [0.15, 0.2) is 23.9 Å². The van der Waals surface area contributed by atoms with Gasteiger partial charge in [0.2, 0.25) is 5.78 Å². The van der Waals surface area contributed by atoms with E-state index in [2.05, 4.69) is 25.5 Å². The van der Waals surface area contributed by atoms with Gasteiger partial charge in [0.25, 0.3) is 0 Å². The monoisotopic (exact) mass is 222 g/mol. The van der Waals surface area contributed by atoms with Crippen molar-refractivity contribution in [3.8, 4) is 0 Å². The van der Waals surface area contributed by atoms with Crippen molar-refractivity contribution in [1.29, 1.82) is 0 Å². The highest BCUT2D eigenvalue weighted by molar-refractivity contribution is 6.16. The second-order valence-corrected chi connectivity index (χ2v) is 4.41. The van der Waals surface area contributed by atoms with Crippen LogP contribution >= 0.6 is 0 Å². The molecule has 3 nitrogen and oxygen atoms in total. The van der Waals surface area contributed by atoms with E-state index in [0.29, 0.717) is 5.57 Å². The number of allylic oxidation sites excluding steroid dienone is 2. The predicted octanol–water partition coefficient (Wildman–Crippen LogP) is 1.67. The molecule has 3 heteroatoms. The molecule has 90 valence electrons. The molecule has 1 aliphatic rings. The summed E-state index contributed by atoms with van der Waals surface area (Å²) >= 11 is 0. The molecule has 0 radical (unpaired) electrons. The van der Waals surface area contributed by atoms with Crippen molar-refractivity contribution >= 4 is 5.78 Å². The fourth-order valence-electron chi connectivity index (χ4n) is 1.68. The standard InChI is InChI=1S/C13H22N2O/c1-5-14(3)8-6-7-9-15(4)12-10-11(2)13(12)16/h10H,2,5-9H2,1,3-4H3. The lowest BCUT2D eigenvalue weighted by Crippen LogP contribution is -2.31. The van der Waals surface area contributed by atoms with Gasteiger partial charge in [-0.2, -0.15) is 0 Å². The minimum absolute atomic E-state index is 0.105. The molecule has 1 aliphatic carbocycles. The molecule has 0 amide bonds. The molecule has 0 fully saturated rings. The van der Waals surface area contributed by atoms with Gasteiger partial charge in [-0.1, -0.05) is 13.5 Å². The van der Waals surface area contributed by atoms with Crippen LogP contribution in [-0.4, -0.2) is 49.3 Å². The normalized spacial score (nSPS) is 15.1. The zero-order valence-electron chi connectivity index (χ0n) is 10.6. The van der Waals surface area contributed by atoms with Gasteiger partial charge in [-0.15, -0.1) is 0 Å². The maximum Gasteiger partial charge on any atom is 0.208 e. The van der Waals surface area contributed by atoms with Crippen molar-refractivity contribution in [2.45, 2.75) is 19.8 Å². The number of hydrogen-bond donors (Lipinski definition) is 0. The summed E-state index contributed by atoms with van der Waals surface area (Å²) in [6.07, 6.45) is 4.16. The minimum Gasteiger partial charge on any atom is -0.371 e. The Kier molecular flexibility index (Phi) is 4.74. The Morgan fingerprint density at radius 2 is 1.88 bits per heavy atom. The first-order chi connectivity index (χ1) is 7.56. The third-order valence-electron chi connectivity index (χ3n) is 3.07. The highest BCUT2D eigenvalue weighted by Crippen LogP contribution is 2.21. The second-order valence-electron chi connectivity index (χ2n) is 4.41. The first kappa shape index (κ1) is 13.0. The van der Waals surface area contributed by atoms with E-state index < -0.39 is 0 Å². The summed E-state index contributed by atoms with van der Waals surface area (Å²) < 4.78 is 0. The van der Waals surface area contributed by atoms with E-state index in [0.717, 1.165) is 31.8 Å². The number of hydrogen-bond acceptors (Lipinski definition) is 3. The highest BCUT2D eigenvalue weighted by Gasteiger charge is 2.24. The van der Waals surface area contributed by atoms with Gasteiger partial charge >= 0.3 is 0 Å². The van der Waals surface area contributed by atoms with Crippen LogP contribution in [0.2, 0.25) is 0 Å². The summed E-state index contributed by atoms with van der Waals surface area (Å²) in [5.41, 5.74) is 1.45. The third-order valence-corrected chi connectivity index (χ3v) is 3.07. The van der Waals surface area contributed by atoms with Crippen LogP contribution in [0.3, 0.4) is 0 Å². The molecule has 0 bridgehead atoms. The average molecular weight is 222 g/mol. The Morgan fingerprint density at radius 3 is 2.38 bits per heavy atom. The molecule has 0 aliphatic heterocycles. The molecular weight excluding hydrogens is 200 g/mol. The molecule has 0 saturated heterocycles. The SMILES string of the molecule is C=C1C=C(N(C)CCCCN(C)CC)C1=O.